The van der Waals surface area contributed by atoms with Crippen LogP contribution in [0.4, 0.5) is 5.69 Å². The Balaban J connectivity index is 2.04. The van der Waals surface area contributed by atoms with Crippen LogP contribution in [0.3, 0.4) is 0 Å². The van der Waals surface area contributed by atoms with E-state index >= 15 is 0 Å². The van der Waals surface area contributed by atoms with E-state index in [2.05, 4.69) is 4.72 Å². The monoisotopic (exact) mass is 328 g/mol. The number of piperidine rings is 1. The van der Waals surface area contributed by atoms with E-state index < -0.39 is 16.2 Å². The molecular formula is C14H20N2O5S. The molecule has 1 saturated heterocycles. The lowest BCUT2D eigenvalue weighted by atomic mass is 10.1. The molecule has 0 saturated carbocycles. The summed E-state index contributed by atoms with van der Waals surface area (Å²) in [6, 6.07) is 6.42. The van der Waals surface area contributed by atoms with Crippen LogP contribution in [-0.4, -0.2) is 50.1 Å². The highest BCUT2D eigenvalue weighted by atomic mass is 32.2. The molecule has 0 amide bonds. The number of carboxylic acids is 1. The SMILES string of the molecule is COC1CCN(S(=O)(=O)Nc2cccc(CC(=O)O)c2)CC1. The molecular weight excluding hydrogens is 308 g/mol. The minimum Gasteiger partial charge on any atom is -0.481 e. The second-order valence-electron chi connectivity index (χ2n) is 5.21. The topological polar surface area (TPSA) is 95.9 Å². The molecule has 1 aromatic carbocycles. The lowest BCUT2D eigenvalue weighted by molar-refractivity contribution is -0.136. The Morgan fingerprint density at radius 3 is 2.68 bits per heavy atom. The number of rotatable bonds is 6. The molecule has 1 heterocycles. The molecule has 0 bridgehead atoms. The van der Waals surface area contributed by atoms with E-state index in [1.807, 2.05) is 0 Å². The van der Waals surface area contributed by atoms with E-state index in [1.54, 1.807) is 25.3 Å². The van der Waals surface area contributed by atoms with Crippen molar-refractivity contribution in [2.45, 2.75) is 25.4 Å². The highest BCUT2D eigenvalue weighted by molar-refractivity contribution is 7.90. The van der Waals surface area contributed by atoms with Crippen molar-refractivity contribution in [3.63, 3.8) is 0 Å². The van der Waals surface area contributed by atoms with Gasteiger partial charge in [0.2, 0.25) is 0 Å². The van der Waals surface area contributed by atoms with Crippen molar-refractivity contribution >= 4 is 21.9 Å². The van der Waals surface area contributed by atoms with E-state index in [-0.39, 0.29) is 12.5 Å². The highest BCUT2D eigenvalue weighted by Gasteiger charge is 2.27. The van der Waals surface area contributed by atoms with Crippen LogP contribution in [0, 0.1) is 0 Å². The van der Waals surface area contributed by atoms with Crippen molar-refractivity contribution in [1.29, 1.82) is 0 Å². The standard InChI is InChI=1S/C14H20N2O5S/c1-21-13-5-7-16(8-6-13)22(19,20)15-12-4-2-3-11(9-12)10-14(17)18/h2-4,9,13,15H,5-8,10H2,1H3,(H,17,18). The van der Waals surface area contributed by atoms with Crippen molar-refractivity contribution in [2.24, 2.45) is 0 Å². The van der Waals surface area contributed by atoms with Crippen molar-refractivity contribution in [3.8, 4) is 0 Å². The Bertz CT molecular complexity index is 624. The fraction of sp³-hybridized carbons (Fsp3) is 0.500. The van der Waals surface area contributed by atoms with Gasteiger partial charge in [0.1, 0.15) is 0 Å². The third kappa shape index (κ3) is 4.43. The van der Waals surface area contributed by atoms with Gasteiger partial charge in [-0.2, -0.15) is 12.7 Å². The van der Waals surface area contributed by atoms with Crippen LogP contribution in [0.2, 0.25) is 0 Å². The molecule has 0 atom stereocenters. The Hall–Kier alpha value is -1.64. The second kappa shape index (κ2) is 7.08. The summed E-state index contributed by atoms with van der Waals surface area (Å²) in [5.74, 6) is -0.957. The summed E-state index contributed by atoms with van der Waals surface area (Å²) < 4.78 is 33.8. The number of nitrogens with zero attached hydrogens (tertiary/aromatic N) is 1. The molecule has 0 aromatic heterocycles. The molecule has 0 spiro atoms. The van der Waals surface area contributed by atoms with Crippen molar-refractivity contribution < 1.29 is 23.1 Å². The third-order valence-corrected chi connectivity index (χ3v) is 5.14. The van der Waals surface area contributed by atoms with Crippen LogP contribution in [0.5, 0.6) is 0 Å². The number of ether oxygens (including phenoxy) is 1. The molecule has 2 rings (SSSR count). The normalized spacial score (nSPS) is 17.3. The quantitative estimate of drug-likeness (QED) is 0.815. The van der Waals surface area contributed by atoms with Gasteiger partial charge in [-0.05, 0) is 30.5 Å². The number of nitrogens with one attached hydrogen (secondary N) is 1. The lowest BCUT2D eigenvalue weighted by Crippen LogP contribution is -2.43. The Morgan fingerprint density at radius 1 is 1.41 bits per heavy atom. The van der Waals surface area contributed by atoms with Crippen LogP contribution < -0.4 is 4.72 Å². The summed E-state index contributed by atoms with van der Waals surface area (Å²) >= 11 is 0. The first-order chi connectivity index (χ1) is 10.4. The summed E-state index contributed by atoms with van der Waals surface area (Å²) in [6.45, 7) is 0.811. The molecule has 2 N–H and O–H groups in total. The van der Waals surface area contributed by atoms with Crippen molar-refractivity contribution in [3.05, 3.63) is 29.8 Å². The predicted octanol–water partition coefficient (Wildman–Crippen LogP) is 1.08. The summed E-state index contributed by atoms with van der Waals surface area (Å²) in [7, 11) is -2.01. The van der Waals surface area contributed by atoms with Gasteiger partial charge in [0, 0.05) is 20.2 Å². The van der Waals surface area contributed by atoms with Gasteiger partial charge in [0.25, 0.3) is 0 Å². The summed E-state index contributed by atoms with van der Waals surface area (Å²) in [4.78, 5) is 10.7. The van der Waals surface area contributed by atoms with Crippen LogP contribution in [0.15, 0.2) is 24.3 Å². The van der Waals surface area contributed by atoms with Gasteiger partial charge in [0.05, 0.1) is 18.2 Å². The van der Waals surface area contributed by atoms with Gasteiger partial charge in [-0.3, -0.25) is 9.52 Å². The summed E-state index contributed by atoms with van der Waals surface area (Å²) in [5.41, 5.74) is 0.915. The average Bonchev–Trinajstić information content (AvgIpc) is 2.46. The summed E-state index contributed by atoms with van der Waals surface area (Å²) in [5, 5.41) is 8.78. The van der Waals surface area contributed by atoms with Gasteiger partial charge < -0.3 is 9.84 Å². The van der Waals surface area contributed by atoms with Gasteiger partial charge in [-0.25, -0.2) is 0 Å². The number of hydrogen-bond acceptors (Lipinski definition) is 4. The zero-order valence-corrected chi connectivity index (χ0v) is 13.2. The fourth-order valence-corrected chi connectivity index (χ4v) is 3.69. The first-order valence-corrected chi connectivity index (χ1v) is 8.46. The number of carbonyl (C=O) groups is 1. The first kappa shape index (κ1) is 16.7. The molecule has 0 aliphatic carbocycles. The maximum atomic E-state index is 12.3. The van der Waals surface area contributed by atoms with E-state index in [1.165, 1.54) is 10.4 Å². The zero-order chi connectivity index (χ0) is 16.2. The average molecular weight is 328 g/mol. The number of benzene rings is 1. The van der Waals surface area contributed by atoms with Crippen LogP contribution in [0.1, 0.15) is 18.4 Å². The zero-order valence-electron chi connectivity index (χ0n) is 12.4. The highest BCUT2D eigenvalue weighted by Crippen LogP contribution is 2.19. The molecule has 1 aromatic rings. The Labute approximate surface area is 130 Å². The van der Waals surface area contributed by atoms with Crippen molar-refractivity contribution in [2.75, 3.05) is 24.9 Å². The number of carboxylic acid groups (broad SMARTS) is 1. The third-order valence-electron chi connectivity index (χ3n) is 3.60. The molecule has 8 heteroatoms. The second-order valence-corrected chi connectivity index (χ2v) is 6.88. The predicted molar refractivity (Wildman–Crippen MR) is 81.9 cm³/mol. The fourth-order valence-electron chi connectivity index (χ4n) is 2.44. The summed E-state index contributed by atoms with van der Waals surface area (Å²) in [6.07, 6.45) is 1.28. The first-order valence-electron chi connectivity index (χ1n) is 7.02. The van der Waals surface area contributed by atoms with E-state index in [4.69, 9.17) is 9.84 Å². The number of aliphatic carboxylic acids is 1. The van der Waals surface area contributed by atoms with Crippen LogP contribution in [-0.2, 0) is 26.2 Å². The minimum atomic E-state index is -3.63. The van der Waals surface area contributed by atoms with Gasteiger partial charge in [-0.15, -0.1) is 0 Å². The van der Waals surface area contributed by atoms with Crippen LogP contribution in [0.25, 0.3) is 0 Å². The molecule has 22 heavy (non-hydrogen) atoms. The lowest BCUT2D eigenvalue weighted by Gasteiger charge is -2.30. The maximum Gasteiger partial charge on any atom is 0.307 e. The molecule has 0 unspecified atom stereocenters. The molecule has 7 nitrogen and oxygen atoms in total. The molecule has 122 valence electrons. The van der Waals surface area contributed by atoms with Crippen LogP contribution >= 0.6 is 0 Å². The number of methoxy groups -OCH3 is 1. The minimum absolute atomic E-state index is 0.102. The van der Waals surface area contributed by atoms with E-state index in [0.29, 0.717) is 37.2 Å². The van der Waals surface area contributed by atoms with E-state index in [9.17, 15) is 13.2 Å². The number of hydrogen-bond donors (Lipinski definition) is 2. The Morgan fingerprint density at radius 2 is 2.09 bits per heavy atom. The maximum absolute atomic E-state index is 12.3. The number of anilines is 1. The van der Waals surface area contributed by atoms with Gasteiger partial charge >= 0.3 is 16.2 Å². The molecule has 1 aliphatic heterocycles. The molecule has 1 aliphatic rings. The molecule has 1 fully saturated rings. The van der Waals surface area contributed by atoms with Gasteiger partial charge in [0.15, 0.2) is 0 Å². The molecule has 0 radical (unpaired) electrons. The van der Waals surface area contributed by atoms with E-state index in [0.717, 1.165) is 0 Å². The smallest absolute Gasteiger partial charge is 0.307 e. The largest absolute Gasteiger partial charge is 0.481 e. The Kier molecular flexibility index (Phi) is 5.38. The van der Waals surface area contributed by atoms with Gasteiger partial charge in [-0.1, -0.05) is 12.1 Å². The van der Waals surface area contributed by atoms with Crippen molar-refractivity contribution in [1.82, 2.24) is 4.31 Å².